The van der Waals surface area contributed by atoms with Crippen molar-refractivity contribution in [2.45, 2.75) is 59.1 Å². The molecule has 0 atom stereocenters. The summed E-state index contributed by atoms with van der Waals surface area (Å²) in [5.74, 6) is 0.936. The third-order valence-corrected chi connectivity index (χ3v) is 5.94. The average molecular weight is 384 g/mol. The van der Waals surface area contributed by atoms with Crippen LogP contribution in [0.15, 0.2) is 36.4 Å². The maximum Gasteiger partial charge on any atom is 0.317 e. The van der Waals surface area contributed by atoms with Crippen LogP contribution in [0.5, 0.6) is 5.75 Å². The van der Waals surface area contributed by atoms with Gasteiger partial charge < -0.3 is 9.84 Å². The number of aliphatic carboxylic acids is 1. The van der Waals surface area contributed by atoms with E-state index < -0.39 is 5.97 Å². The number of carbonyl (C=O) groups is 1. The smallest absolute Gasteiger partial charge is 0.317 e. The fourth-order valence-electron chi connectivity index (χ4n) is 4.28. The first-order valence-corrected chi connectivity index (χ1v) is 10.3. The lowest BCUT2D eigenvalue weighted by Gasteiger charge is -2.37. The van der Waals surface area contributed by atoms with Gasteiger partial charge >= 0.3 is 5.97 Å². The van der Waals surface area contributed by atoms with Gasteiger partial charge in [-0.1, -0.05) is 39.0 Å². The van der Waals surface area contributed by atoms with E-state index >= 15 is 0 Å². The van der Waals surface area contributed by atoms with Gasteiger partial charge in [0.1, 0.15) is 5.75 Å². The topological polar surface area (TPSA) is 49.8 Å². The molecule has 0 spiro atoms. The Hall–Kier alpha value is -2.07. The molecule has 0 aromatic heterocycles. The van der Waals surface area contributed by atoms with Crippen LogP contribution in [0.2, 0.25) is 0 Å². The van der Waals surface area contributed by atoms with Crippen molar-refractivity contribution in [3.05, 3.63) is 42.0 Å². The molecule has 0 unspecified atom stereocenters. The number of nitrogens with zero attached hydrogens (tertiary/aromatic N) is 1. The summed E-state index contributed by atoms with van der Waals surface area (Å²) in [5.41, 5.74) is 1.51. The van der Waals surface area contributed by atoms with E-state index in [4.69, 9.17) is 9.84 Å². The molecule has 4 nitrogen and oxygen atoms in total. The van der Waals surface area contributed by atoms with Crippen LogP contribution in [0, 0.1) is 11.3 Å². The molecule has 1 aliphatic carbocycles. The first kappa shape index (κ1) is 20.7. The van der Waals surface area contributed by atoms with Gasteiger partial charge in [0.2, 0.25) is 0 Å². The number of fused-ring (bicyclic) bond motifs is 1. The van der Waals surface area contributed by atoms with Crippen LogP contribution < -0.4 is 4.74 Å². The van der Waals surface area contributed by atoms with E-state index in [2.05, 4.69) is 57.2 Å². The molecule has 28 heavy (non-hydrogen) atoms. The molecule has 4 heteroatoms. The quantitative estimate of drug-likeness (QED) is 0.731. The van der Waals surface area contributed by atoms with Crippen LogP contribution in [0.1, 0.15) is 52.0 Å². The number of likely N-dealkylation sites (N-methyl/N-ethyl adjacent to an activating group) is 1. The zero-order valence-corrected chi connectivity index (χ0v) is 17.6. The molecule has 0 aliphatic heterocycles. The second-order valence-electron chi connectivity index (χ2n) is 9.37. The zero-order chi connectivity index (χ0) is 20.3. The molecule has 0 bridgehead atoms. The van der Waals surface area contributed by atoms with Crippen molar-refractivity contribution in [1.29, 1.82) is 0 Å². The molecule has 1 aliphatic rings. The summed E-state index contributed by atoms with van der Waals surface area (Å²) >= 11 is 0. The molecule has 1 N–H and O–H groups in total. The van der Waals surface area contributed by atoms with Crippen molar-refractivity contribution in [2.24, 2.45) is 11.3 Å². The highest BCUT2D eigenvalue weighted by molar-refractivity contribution is 5.84. The van der Waals surface area contributed by atoms with Gasteiger partial charge in [0.05, 0.1) is 12.6 Å². The molecular weight excluding hydrogens is 350 g/mol. The lowest BCUT2D eigenvalue weighted by Crippen LogP contribution is -2.30. The van der Waals surface area contributed by atoms with Crippen molar-refractivity contribution < 1.29 is 14.6 Å². The predicted molar refractivity (Wildman–Crippen MR) is 114 cm³/mol. The molecule has 1 saturated carbocycles. The summed E-state index contributed by atoms with van der Waals surface area (Å²) < 4.78 is 6.29. The number of hydrogen-bond donors (Lipinski definition) is 1. The largest absolute Gasteiger partial charge is 0.490 e. The standard InChI is InChI=1S/C24H33NO3/c1-24(2,3)20-8-11-21(12-9-20)28-22-10-7-18-13-17(5-6-19(18)14-22)15-25(4)16-23(26)27/h5-7,10,13-14,20-21H,8-9,11-12,15-16H2,1-4H3,(H,26,27)/t20-,21-. The van der Waals surface area contributed by atoms with E-state index in [9.17, 15) is 4.79 Å². The lowest BCUT2D eigenvalue weighted by molar-refractivity contribution is -0.138. The molecule has 0 amide bonds. The maximum absolute atomic E-state index is 10.8. The van der Waals surface area contributed by atoms with Crippen molar-refractivity contribution >= 4 is 16.7 Å². The molecule has 152 valence electrons. The van der Waals surface area contributed by atoms with Crippen LogP contribution >= 0.6 is 0 Å². The van der Waals surface area contributed by atoms with Gasteiger partial charge in [-0.05, 0) is 78.6 Å². The van der Waals surface area contributed by atoms with E-state index in [0.29, 0.717) is 18.1 Å². The molecular formula is C24H33NO3. The lowest BCUT2D eigenvalue weighted by atomic mass is 9.72. The number of rotatable bonds is 6. The first-order chi connectivity index (χ1) is 13.2. The normalized spacial score (nSPS) is 20.5. The summed E-state index contributed by atoms with van der Waals surface area (Å²) in [6.45, 7) is 7.70. The Balaban J connectivity index is 1.62. The molecule has 3 rings (SSSR count). The molecule has 2 aromatic carbocycles. The van der Waals surface area contributed by atoms with Gasteiger partial charge in [-0.2, -0.15) is 0 Å². The van der Waals surface area contributed by atoms with Gasteiger partial charge in [-0.25, -0.2) is 0 Å². The van der Waals surface area contributed by atoms with E-state index in [1.807, 2.05) is 7.05 Å². The van der Waals surface area contributed by atoms with Crippen LogP contribution in [-0.2, 0) is 11.3 Å². The van der Waals surface area contributed by atoms with Gasteiger partial charge in [-0.3, -0.25) is 9.69 Å². The SMILES string of the molecule is CN(CC(=O)O)Cc1ccc2cc(O[C@H]3CC[C@H](C(C)(C)C)CC3)ccc2c1. The highest BCUT2D eigenvalue weighted by Gasteiger charge is 2.30. The number of ether oxygens (including phenoxy) is 1. The summed E-state index contributed by atoms with van der Waals surface area (Å²) in [5, 5.41) is 11.2. The van der Waals surface area contributed by atoms with Crippen molar-refractivity contribution in [2.75, 3.05) is 13.6 Å². The van der Waals surface area contributed by atoms with Gasteiger partial charge in [-0.15, -0.1) is 0 Å². The van der Waals surface area contributed by atoms with Crippen molar-refractivity contribution in [3.63, 3.8) is 0 Å². The number of benzene rings is 2. The summed E-state index contributed by atoms with van der Waals surface area (Å²) in [7, 11) is 1.82. The monoisotopic (exact) mass is 383 g/mol. The van der Waals surface area contributed by atoms with E-state index in [1.54, 1.807) is 4.90 Å². The van der Waals surface area contributed by atoms with Crippen molar-refractivity contribution in [3.8, 4) is 5.75 Å². The van der Waals surface area contributed by atoms with E-state index in [1.165, 1.54) is 12.8 Å². The Morgan fingerprint density at radius 2 is 1.71 bits per heavy atom. The molecule has 0 saturated heterocycles. The van der Waals surface area contributed by atoms with Gasteiger partial charge in [0.15, 0.2) is 0 Å². The van der Waals surface area contributed by atoms with E-state index in [-0.39, 0.29) is 6.54 Å². The molecule has 2 aromatic rings. The summed E-state index contributed by atoms with van der Waals surface area (Å²) in [6, 6.07) is 12.6. The van der Waals surface area contributed by atoms with Gasteiger partial charge in [0.25, 0.3) is 0 Å². The second-order valence-corrected chi connectivity index (χ2v) is 9.37. The Morgan fingerprint density at radius 1 is 1.07 bits per heavy atom. The predicted octanol–water partition coefficient (Wildman–Crippen LogP) is 5.34. The fraction of sp³-hybridized carbons (Fsp3) is 0.542. The average Bonchev–Trinajstić information content (AvgIpc) is 2.61. The van der Waals surface area contributed by atoms with Crippen LogP contribution in [0.4, 0.5) is 0 Å². The molecule has 1 fully saturated rings. The number of carboxylic acids is 1. The third kappa shape index (κ3) is 5.48. The first-order valence-electron chi connectivity index (χ1n) is 10.3. The zero-order valence-electron chi connectivity index (χ0n) is 17.6. The minimum Gasteiger partial charge on any atom is -0.490 e. The molecule has 0 radical (unpaired) electrons. The Morgan fingerprint density at radius 3 is 2.36 bits per heavy atom. The van der Waals surface area contributed by atoms with Crippen molar-refractivity contribution in [1.82, 2.24) is 4.90 Å². The van der Waals surface area contributed by atoms with E-state index in [0.717, 1.165) is 40.8 Å². The summed E-state index contributed by atoms with van der Waals surface area (Å²) in [6.07, 6.45) is 5.08. The summed E-state index contributed by atoms with van der Waals surface area (Å²) in [4.78, 5) is 12.6. The fourth-order valence-corrected chi connectivity index (χ4v) is 4.28. The number of carboxylic acid groups (broad SMARTS) is 1. The highest BCUT2D eigenvalue weighted by atomic mass is 16.5. The minimum atomic E-state index is -0.804. The third-order valence-electron chi connectivity index (χ3n) is 5.94. The number of hydrogen-bond acceptors (Lipinski definition) is 3. The van der Waals surface area contributed by atoms with Crippen LogP contribution in [0.3, 0.4) is 0 Å². The maximum atomic E-state index is 10.8. The Labute approximate surface area is 168 Å². The minimum absolute atomic E-state index is 0.0439. The Bertz CT molecular complexity index is 816. The van der Waals surface area contributed by atoms with Crippen LogP contribution in [-0.4, -0.2) is 35.7 Å². The second kappa shape index (κ2) is 8.52. The van der Waals surface area contributed by atoms with Crippen LogP contribution in [0.25, 0.3) is 10.8 Å². The Kier molecular flexibility index (Phi) is 6.29. The van der Waals surface area contributed by atoms with Gasteiger partial charge in [0, 0.05) is 6.54 Å². The highest BCUT2D eigenvalue weighted by Crippen LogP contribution is 2.39. The molecule has 0 heterocycles.